The van der Waals surface area contributed by atoms with Crippen LogP contribution in [0.4, 0.5) is 11.5 Å². The molecule has 0 aliphatic heterocycles. The van der Waals surface area contributed by atoms with E-state index in [2.05, 4.69) is 54.4 Å². The fourth-order valence-corrected chi connectivity index (χ4v) is 2.88. The Balaban J connectivity index is 1.74. The Morgan fingerprint density at radius 1 is 0.958 bits per heavy atom. The third-order valence-corrected chi connectivity index (χ3v) is 4.47. The van der Waals surface area contributed by atoms with Crippen LogP contribution in [0.2, 0.25) is 5.02 Å². The Morgan fingerprint density at radius 3 is 2.46 bits per heavy atom. The van der Waals surface area contributed by atoms with Gasteiger partial charge in [-0.3, -0.25) is 0 Å². The van der Waals surface area contributed by atoms with Gasteiger partial charge < -0.3 is 10.3 Å². The van der Waals surface area contributed by atoms with Crippen LogP contribution in [0.15, 0.2) is 65.4 Å². The van der Waals surface area contributed by atoms with Crippen molar-refractivity contribution in [3.05, 3.63) is 70.4 Å². The summed E-state index contributed by atoms with van der Waals surface area (Å²) in [5.41, 5.74) is 3.80. The standard InChI is InChI=1S/C18H12BrClN4/c19-12-3-1-11(2-4-12)16-9-15-17(21-10-22-18(15)24-16)23-14-7-5-13(20)6-8-14/h1-10H,(H2,21,22,23,24). The molecule has 0 amide bonds. The minimum absolute atomic E-state index is 0.701. The van der Waals surface area contributed by atoms with Crippen LogP contribution in [-0.4, -0.2) is 15.0 Å². The van der Waals surface area contributed by atoms with E-state index in [1.807, 2.05) is 36.4 Å². The third-order valence-electron chi connectivity index (χ3n) is 3.69. The second-order valence-corrected chi connectivity index (χ2v) is 6.66. The van der Waals surface area contributed by atoms with Gasteiger partial charge >= 0.3 is 0 Å². The first-order valence-corrected chi connectivity index (χ1v) is 8.48. The Hall–Kier alpha value is -2.37. The van der Waals surface area contributed by atoms with E-state index in [-0.39, 0.29) is 0 Å². The lowest BCUT2D eigenvalue weighted by atomic mass is 10.1. The van der Waals surface area contributed by atoms with E-state index < -0.39 is 0 Å². The molecular weight excluding hydrogens is 388 g/mol. The number of anilines is 2. The number of benzene rings is 2. The van der Waals surface area contributed by atoms with Gasteiger partial charge in [-0.2, -0.15) is 0 Å². The molecule has 0 aliphatic rings. The highest BCUT2D eigenvalue weighted by molar-refractivity contribution is 9.10. The normalized spacial score (nSPS) is 10.9. The van der Waals surface area contributed by atoms with Crippen molar-refractivity contribution in [1.82, 2.24) is 15.0 Å². The molecular formula is C18H12BrClN4. The van der Waals surface area contributed by atoms with E-state index in [4.69, 9.17) is 11.6 Å². The first-order valence-electron chi connectivity index (χ1n) is 7.31. The predicted molar refractivity (Wildman–Crippen MR) is 102 cm³/mol. The fraction of sp³-hybridized carbons (Fsp3) is 0. The molecule has 4 nitrogen and oxygen atoms in total. The van der Waals surface area contributed by atoms with Crippen LogP contribution in [0, 0.1) is 0 Å². The molecule has 24 heavy (non-hydrogen) atoms. The number of aromatic amines is 1. The third kappa shape index (κ3) is 3.00. The molecule has 0 spiro atoms. The van der Waals surface area contributed by atoms with Gasteiger partial charge in [0.05, 0.1) is 5.39 Å². The summed E-state index contributed by atoms with van der Waals surface area (Å²) in [5, 5.41) is 4.95. The number of nitrogens with one attached hydrogen (secondary N) is 2. The summed E-state index contributed by atoms with van der Waals surface area (Å²) in [7, 11) is 0. The Kier molecular flexibility index (Phi) is 3.96. The maximum absolute atomic E-state index is 5.93. The molecule has 0 saturated heterocycles. The lowest BCUT2D eigenvalue weighted by Gasteiger charge is -2.06. The van der Waals surface area contributed by atoms with Crippen LogP contribution in [0.3, 0.4) is 0 Å². The van der Waals surface area contributed by atoms with Gasteiger partial charge in [0.15, 0.2) is 0 Å². The van der Waals surface area contributed by atoms with E-state index in [0.717, 1.165) is 38.3 Å². The summed E-state index contributed by atoms with van der Waals surface area (Å²) in [6, 6.07) is 17.7. The average Bonchev–Trinajstić information content (AvgIpc) is 3.03. The molecule has 4 rings (SSSR count). The molecule has 2 aromatic heterocycles. The van der Waals surface area contributed by atoms with Gasteiger partial charge in [0.25, 0.3) is 0 Å². The smallest absolute Gasteiger partial charge is 0.143 e. The number of halogens is 2. The Bertz CT molecular complexity index is 994. The lowest BCUT2D eigenvalue weighted by molar-refractivity contribution is 1.20. The minimum atomic E-state index is 0.701. The number of hydrogen-bond donors (Lipinski definition) is 2. The van der Waals surface area contributed by atoms with E-state index in [1.165, 1.54) is 0 Å². The summed E-state index contributed by atoms with van der Waals surface area (Å²) >= 11 is 9.38. The zero-order valence-corrected chi connectivity index (χ0v) is 14.8. The van der Waals surface area contributed by atoms with Gasteiger partial charge in [0.1, 0.15) is 17.8 Å². The maximum atomic E-state index is 5.93. The highest BCUT2D eigenvalue weighted by Gasteiger charge is 2.09. The number of fused-ring (bicyclic) bond motifs is 1. The van der Waals surface area contributed by atoms with Crippen molar-refractivity contribution < 1.29 is 0 Å². The topological polar surface area (TPSA) is 53.6 Å². The van der Waals surface area contributed by atoms with Gasteiger partial charge in [0, 0.05) is 20.9 Å². The van der Waals surface area contributed by atoms with Crippen LogP contribution in [0.25, 0.3) is 22.3 Å². The average molecular weight is 400 g/mol. The summed E-state index contributed by atoms with van der Waals surface area (Å²) in [5.74, 6) is 0.752. The predicted octanol–water partition coefficient (Wildman–Crippen LogP) is 5.78. The van der Waals surface area contributed by atoms with Crippen molar-refractivity contribution >= 4 is 50.1 Å². The molecule has 0 radical (unpaired) electrons. The number of aromatic nitrogens is 3. The van der Waals surface area contributed by atoms with Gasteiger partial charge in [-0.1, -0.05) is 39.7 Å². The van der Waals surface area contributed by atoms with Crippen LogP contribution in [0.5, 0.6) is 0 Å². The maximum Gasteiger partial charge on any atom is 0.143 e. The second-order valence-electron chi connectivity index (χ2n) is 5.31. The molecule has 0 fully saturated rings. The van der Waals surface area contributed by atoms with Gasteiger partial charge in [-0.05, 0) is 48.0 Å². The SMILES string of the molecule is Clc1ccc(Nc2ncnc3[nH]c(-c4ccc(Br)cc4)cc23)cc1. The summed E-state index contributed by atoms with van der Waals surface area (Å²) in [6.45, 7) is 0. The Labute approximate surface area is 152 Å². The second kappa shape index (κ2) is 6.26. The molecule has 6 heteroatoms. The Morgan fingerprint density at radius 2 is 1.71 bits per heavy atom. The fourth-order valence-electron chi connectivity index (χ4n) is 2.49. The minimum Gasteiger partial charge on any atom is -0.340 e. The van der Waals surface area contributed by atoms with Crippen LogP contribution >= 0.6 is 27.5 Å². The van der Waals surface area contributed by atoms with Gasteiger partial charge in [-0.15, -0.1) is 0 Å². The van der Waals surface area contributed by atoms with Crippen molar-refractivity contribution in [3.63, 3.8) is 0 Å². The molecule has 0 unspecified atom stereocenters. The van der Waals surface area contributed by atoms with E-state index >= 15 is 0 Å². The monoisotopic (exact) mass is 398 g/mol. The molecule has 2 heterocycles. The first kappa shape index (κ1) is 15.2. The molecule has 0 saturated carbocycles. The molecule has 2 aromatic carbocycles. The van der Waals surface area contributed by atoms with Crippen molar-refractivity contribution in [1.29, 1.82) is 0 Å². The molecule has 2 N–H and O–H groups in total. The molecule has 118 valence electrons. The molecule has 0 atom stereocenters. The van der Waals surface area contributed by atoms with E-state index in [1.54, 1.807) is 6.33 Å². The van der Waals surface area contributed by atoms with E-state index in [9.17, 15) is 0 Å². The number of nitrogens with zero attached hydrogens (tertiary/aromatic N) is 2. The van der Waals surface area contributed by atoms with Gasteiger partial charge in [0.2, 0.25) is 0 Å². The summed E-state index contributed by atoms with van der Waals surface area (Å²) < 4.78 is 1.05. The van der Waals surface area contributed by atoms with Crippen molar-refractivity contribution in [2.45, 2.75) is 0 Å². The van der Waals surface area contributed by atoms with Crippen LogP contribution in [-0.2, 0) is 0 Å². The summed E-state index contributed by atoms with van der Waals surface area (Å²) in [4.78, 5) is 12.0. The number of H-pyrrole nitrogens is 1. The zero-order valence-electron chi connectivity index (χ0n) is 12.4. The van der Waals surface area contributed by atoms with Crippen LogP contribution in [0.1, 0.15) is 0 Å². The lowest BCUT2D eigenvalue weighted by Crippen LogP contribution is -1.94. The van der Waals surface area contributed by atoms with Crippen molar-refractivity contribution in [3.8, 4) is 11.3 Å². The highest BCUT2D eigenvalue weighted by atomic mass is 79.9. The molecule has 0 bridgehead atoms. The highest BCUT2D eigenvalue weighted by Crippen LogP contribution is 2.29. The largest absolute Gasteiger partial charge is 0.340 e. The van der Waals surface area contributed by atoms with Crippen LogP contribution < -0.4 is 5.32 Å². The quantitative estimate of drug-likeness (QED) is 0.459. The van der Waals surface area contributed by atoms with E-state index in [0.29, 0.717) is 5.02 Å². The first-order chi connectivity index (χ1) is 11.7. The number of rotatable bonds is 3. The summed E-state index contributed by atoms with van der Waals surface area (Å²) in [6.07, 6.45) is 1.54. The van der Waals surface area contributed by atoms with Crippen molar-refractivity contribution in [2.75, 3.05) is 5.32 Å². The number of hydrogen-bond acceptors (Lipinski definition) is 3. The molecule has 4 aromatic rings. The zero-order chi connectivity index (χ0) is 16.5. The van der Waals surface area contributed by atoms with Gasteiger partial charge in [-0.25, -0.2) is 9.97 Å². The molecule has 0 aliphatic carbocycles. The van der Waals surface area contributed by atoms with Crippen molar-refractivity contribution in [2.24, 2.45) is 0 Å².